The van der Waals surface area contributed by atoms with Crippen molar-refractivity contribution in [3.05, 3.63) is 70.8 Å². The Morgan fingerprint density at radius 1 is 0.742 bits per heavy atom. The Bertz CT molecular complexity index is 860. The zero-order valence-corrected chi connectivity index (χ0v) is 20.2. The van der Waals surface area contributed by atoms with Crippen molar-refractivity contribution in [2.75, 3.05) is 0 Å². The minimum absolute atomic E-state index is 0.260. The SMILES string of the molecule is CCC[CH2][Sn]([CH2]CCC)([O]C(=O)c1cc(F)ccc1F)[O]C(=O)c1cc(F)ccc1F. The van der Waals surface area contributed by atoms with E-state index in [1.54, 1.807) is 0 Å². The summed E-state index contributed by atoms with van der Waals surface area (Å²) in [5.74, 6) is -5.86. The Labute approximate surface area is 183 Å². The summed E-state index contributed by atoms with van der Waals surface area (Å²) in [7, 11) is 0. The summed E-state index contributed by atoms with van der Waals surface area (Å²) >= 11 is -4.63. The molecule has 31 heavy (non-hydrogen) atoms. The molecule has 0 aliphatic rings. The Hall–Kier alpha value is -2.10. The van der Waals surface area contributed by atoms with Crippen molar-refractivity contribution in [2.45, 2.75) is 48.4 Å². The van der Waals surface area contributed by atoms with E-state index in [1.165, 1.54) is 0 Å². The molecule has 0 atom stereocenters. The Balaban J connectivity index is 2.40. The van der Waals surface area contributed by atoms with Crippen LogP contribution in [-0.4, -0.2) is 31.1 Å². The predicted octanol–water partition coefficient (Wildman–Crippen LogP) is 6.30. The van der Waals surface area contributed by atoms with E-state index in [-0.39, 0.29) is 8.87 Å². The first-order chi connectivity index (χ1) is 14.7. The molecule has 0 saturated carbocycles. The first-order valence-electron chi connectivity index (χ1n) is 10.1. The number of carbonyl (C=O) groups excluding carboxylic acids is 2. The molecule has 0 saturated heterocycles. The second-order valence-corrected chi connectivity index (χ2v) is 16.4. The molecule has 168 valence electrons. The zero-order chi connectivity index (χ0) is 23.0. The molecule has 4 nitrogen and oxygen atoms in total. The van der Waals surface area contributed by atoms with Crippen LogP contribution in [0.5, 0.6) is 0 Å². The van der Waals surface area contributed by atoms with Crippen molar-refractivity contribution >= 4 is 31.1 Å². The fourth-order valence-electron chi connectivity index (χ4n) is 3.00. The van der Waals surface area contributed by atoms with Crippen molar-refractivity contribution in [2.24, 2.45) is 0 Å². The summed E-state index contributed by atoms with van der Waals surface area (Å²) in [4.78, 5) is 25.4. The monoisotopic (exact) mass is 548 g/mol. The van der Waals surface area contributed by atoms with Gasteiger partial charge < -0.3 is 0 Å². The first kappa shape index (κ1) is 25.2. The molecule has 2 aromatic carbocycles. The third-order valence-corrected chi connectivity index (χ3v) is 14.2. The van der Waals surface area contributed by atoms with Crippen molar-refractivity contribution in [3.63, 3.8) is 0 Å². The van der Waals surface area contributed by atoms with E-state index in [4.69, 9.17) is 6.15 Å². The Morgan fingerprint density at radius 2 is 1.13 bits per heavy atom. The van der Waals surface area contributed by atoms with Crippen LogP contribution in [0.2, 0.25) is 8.87 Å². The molecule has 0 spiro atoms. The van der Waals surface area contributed by atoms with Crippen LogP contribution in [0, 0.1) is 23.3 Å². The molecular weight excluding hydrogens is 523 g/mol. The number of hydrogen-bond acceptors (Lipinski definition) is 4. The number of hydrogen-bond donors (Lipinski definition) is 0. The maximum absolute atomic E-state index is 14.1. The molecule has 0 N–H and O–H groups in total. The zero-order valence-electron chi connectivity index (χ0n) is 17.4. The average Bonchev–Trinajstić information content (AvgIpc) is 2.74. The molecule has 0 radical (unpaired) electrons. The molecule has 2 rings (SSSR count). The van der Waals surface area contributed by atoms with Gasteiger partial charge in [0, 0.05) is 0 Å². The van der Waals surface area contributed by atoms with E-state index in [9.17, 15) is 27.2 Å². The van der Waals surface area contributed by atoms with Gasteiger partial charge in [-0.1, -0.05) is 0 Å². The van der Waals surface area contributed by atoms with Gasteiger partial charge in [0.2, 0.25) is 0 Å². The second-order valence-electron chi connectivity index (χ2n) is 7.15. The molecule has 0 aromatic heterocycles. The van der Waals surface area contributed by atoms with E-state index in [1.807, 2.05) is 13.8 Å². The molecule has 0 bridgehead atoms. The van der Waals surface area contributed by atoms with E-state index in [2.05, 4.69) is 0 Å². The van der Waals surface area contributed by atoms with Crippen LogP contribution in [0.3, 0.4) is 0 Å². The van der Waals surface area contributed by atoms with E-state index < -0.39 is 65.5 Å². The van der Waals surface area contributed by atoms with Crippen LogP contribution >= 0.6 is 0 Å². The third-order valence-electron chi connectivity index (χ3n) is 4.68. The van der Waals surface area contributed by atoms with Gasteiger partial charge in [-0.05, 0) is 0 Å². The van der Waals surface area contributed by atoms with E-state index >= 15 is 0 Å². The fraction of sp³-hybridized carbons (Fsp3) is 0.364. The van der Waals surface area contributed by atoms with Crippen molar-refractivity contribution in [1.82, 2.24) is 0 Å². The Kier molecular flexibility index (Phi) is 9.33. The second kappa shape index (κ2) is 11.5. The predicted molar refractivity (Wildman–Crippen MR) is 109 cm³/mol. The molecule has 0 fully saturated rings. The average molecular weight is 547 g/mol. The number of benzene rings is 2. The molecule has 0 heterocycles. The van der Waals surface area contributed by atoms with Gasteiger partial charge in [-0.15, -0.1) is 0 Å². The van der Waals surface area contributed by atoms with Gasteiger partial charge in [0.05, 0.1) is 0 Å². The van der Waals surface area contributed by atoms with Gasteiger partial charge in [0.15, 0.2) is 0 Å². The van der Waals surface area contributed by atoms with Gasteiger partial charge in [0.25, 0.3) is 0 Å². The summed E-state index contributed by atoms with van der Waals surface area (Å²) in [6.07, 6.45) is 2.50. The summed E-state index contributed by atoms with van der Waals surface area (Å²) in [6, 6.07) is 4.75. The van der Waals surface area contributed by atoms with Crippen LogP contribution in [0.15, 0.2) is 36.4 Å². The number of rotatable bonds is 10. The fourth-order valence-corrected chi connectivity index (χ4v) is 12.6. The minimum atomic E-state index is -4.63. The van der Waals surface area contributed by atoms with Gasteiger partial charge in [-0.3, -0.25) is 0 Å². The molecular formula is C22H24F4O4Sn. The molecule has 0 unspecified atom stereocenters. The van der Waals surface area contributed by atoms with Crippen LogP contribution in [0.4, 0.5) is 17.6 Å². The maximum atomic E-state index is 14.1. The van der Waals surface area contributed by atoms with Gasteiger partial charge in [-0.2, -0.15) is 0 Å². The number of unbranched alkanes of at least 4 members (excludes halogenated alkanes) is 2. The molecule has 0 aliphatic heterocycles. The van der Waals surface area contributed by atoms with Crippen LogP contribution in [0.1, 0.15) is 60.2 Å². The summed E-state index contributed by atoms with van der Waals surface area (Å²) in [6.45, 7) is 3.77. The summed E-state index contributed by atoms with van der Waals surface area (Å²) in [5, 5.41) is 0. The summed E-state index contributed by atoms with van der Waals surface area (Å²) < 4.78 is 67.0. The van der Waals surface area contributed by atoms with Gasteiger partial charge in [0.1, 0.15) is 0 Å². The van der Waals surface area contributed by atoms with Crippen molar-refractivity contribution in [3.8, 4) is 0 Å². The first-order valence-corrected chi connectivity index (χ1v) is 16.4. The van der Waals surface area contributed by atoms with Gasteiger partial charge >= 0.3 is 184 Å². The van der Waals surface area contributed by atoms with E-state index in [0.717, 1.165) is 24.3 Å². The number of carbonyl (C=O) groups is 2. The quantitative estimate of drug-likeness (QED) is 0.259. The Morgan fingerprint density at radius 3 is 1.48 bits per heavy atom. The van der Waals surface area contributed by atoms with Crippen molar-refractivity contribution in [1.29, 1.82) is 0 Å². The van der Waals surface area contributed by atoms with Gasteiger partial charge in [-0.25, -0.2) is 0 Å². The molecule has 0 aliphatic carbocycles. The topological polar surface area (TPSA) is 52.6 Å². The molecule has 2 aromatic rings. The van der Waals surface area contributed by atoms with Crippen molar-refractivity contribution < 1.29 is 33.3 Å². The van der Waals surface area contributed by atoms with Crippen LogP contribution < -0.4 is 0 Å². The third kappa shape index (κ3) is 6.95. The molecule has 9 heteroatoms. The van der Waals surface area contributed by atoms with Crippen LogP contribution in [-0.2, 0) is 6.15 Å². The summed E-state index contributed by atoms with van der Waals surface area (Å²) in [5.41, 5.74) is -1.22. The normalized spacial score (nSPS) is 11.3. The molecule has 0 amide bonds. The van der Waals surface area contributed by atoms with Crippen LogP contribution in [0.25, 0.3) is 0 Å². The van der Waals surface area contributed by atoms with E-state index in [0.29, 0.717) is 37.8 Å². The number of halogens is 4. The standard InChI is InChI=1S/2C7H4F2O2.2C4H9.Sn/c2*8-4-1-2-6(9)5(3-4)7(10)11;2*1-3-4-2;/h2*1-3H,(H,10,11);2*1,3-4H2,2H3;/q;;;;+2/p-2.